The molecule has 8 heteroatoms. The SMILES string of the molecule is Cc1cc(C)cc(C(C(=O)Nc2c(C)cccc2C)N(C(=O)C(Cc2ccc(O)cc2)NC(=O)OC(C)(C)C)C(C)(C)C)c1. The lowest BCUT2D eigenvalue weighted by molar-refractivity contribution is -0.146. The van der Waals surface area contributed by atoms with Gasteiger partial charge in [0.1, 0.15) is 23.4 Å². The molecule has 0 radical (unpaired) electrons. The number of phenols is 1. The highest BCUT2D eigenvalue weighted by Crippen LogP contribution is 2.33. The minimum absolute atomic E-state index is 0.0890. The van der Waals surface area contributed by atoms with E-state index in [0.717, 1.165) is 22.3 Å². The van der Waals surface area contributed by atoms with E-state index < -0.39 is 35.2 Å². The maximum atomic E-state index is 14.8. The highest BCUT2D eigenvalue weighted by Gasteiger charge is 2.42. The first kappa shape index (κ1) is 34.2. The van der Waals surface area contributed by atoms with E-state index in [0.29, 0.717) is 16.8 Å². The zero-order chi connectivity index (χ0) is 33.0. The van der Waals surface area contributed by atoms with Crippen LogP contribution in [0.5, 0.6) is 5.75 Å². The molecule has 0 heterocycles. The van der Waals surface area contributed by atoms with Crippen molar-refractivity contribution in [1.82, 2.24) is 10.2 Å². The molecule has 0 saturated heterocycles. The van der Waals surface area contributed by atoms with Gasteiger partial charge >= 0.3 is 6.09 Å². The molecule has 3 amide bonds. The van der Waals surface area contributed by atoms with E-state index in [1.165, 1.54) is 12.1 Å². The molecule has 2 atom stereocenters. The van der Waals surface area contributed by atoms with Gasteiger partial charge in [0.25, 0.3) is 5.91 Å². The number of hydrogen-bond donors (Lipinski definition) is 3. The third kappa shape index (κ3) is 9.09. The van der Waals surface area contributed by atoms with Crippen LogP contribution in [-0.4, -0.2) is 45.1 Å². The lowest BCUT2D eigenvalue weighted by Gasteiger charge is -2.43. The summed E-state index contributed by atoms with van der Waals surface area (Å²) in [6, 6.07) is 16.0. The summed E-state index contributed by atoms with van der Waals surface area (Å²) in [6.45, 7) is 18.6. The second-order valence-electron chi connectivity index (χ2n) is 13.5. The van der Waals surface area contributed by atoms with Gasteiger partial charge in [-0.2, -0.15) is 0 Å². The van der Waals surface area contributed by atoms with Crippen molar-refractivity contribution < 1.29 is 24.2 Å². The second kappa shape index (κ2) is 13.5. The number of nitrogens with zero attached hydrogens (tertiary/aromatic N) is 1. The Bertz CT molecular complexity index is 1460. The van der Waals surface area contributed by atoms with Crippen LogP contribution in [0.15, 0.2) is 60.7 Å². The van der Waals surface area contributed by atoms with Crippen molar-refractivity contribution in [3.63, 3.8) is 0 Å². The molecule has 0 aliphatic carbocycles. The predicted molar refractivity (Wildman–Crippen MR) is 175 cm³/mol. The Hall–Kier alpha value is -4.33. The summed E-state index contributed by atoms with van der Waals surface area (Å²) in [5, 5.41) is 15.7. The molecule has 3 rings (SSSR count). The highest BCUT2D eigenvalue weighted by atomic mass is 16.6. The van der Waals surface area contributed by atoms with Crippen molar-refractivity contribution in [2.24, 2.45) is 0 Å². The number of ether oxygens (including phenoxy) is 1. The molecule has 3 N–H and O–H groups in total. The lowest BCUT2D eigenvalue weighted by Crippen LogP contribution is -2.58. The number of alkyl carbamates (subject to hydrolysis) is 1. The summed E-state index contributed by atoms with van der Waals surface area (Å²) < 4.78 is 5.53. The summed E-state index contributed by atoms with van der Waals surface area (Å²) in [7, 11) is 0. The molecular weight excluding hydrogens is 554 g/mol. The average molecular weight is 602 g/mol. The number of amides is 3. The van der Waals surface area contributed by atoms with Crippen molar-refractivity contribution in [3.8, 4) is 5.75 Å². The topological polar surface area (TPSA) is 108 Å². The van der Waals surface area contributed by atoms with E-state index in [1.54, 1.807) is 37.8 Å². The Labute approximate surface area is 261 Å². The number of carbonyl (C=O) groups excluding carboxylic acids is 3. The molecular formula is C36H47N3O5. The molecule has 236 valence electrons. The quantitative estimate of drug-likeness (QED) is 0.256. The van der Waals surface area contributed by atoms with Crippen LogP contribution in [0.4, 0.5) is 10.5 Å². The smallest absolute Gasteiger partial charge is 0.408 e. The van der Waals surface area contributed by atoms with Gasteiger partial charge in [0.05, 0.1) is 0 Å². The van der Waals surface area contributed by atoms with Gasteiger partial charge in [0.15, 0.2) is 0 Å². The Kier molecular flexibility index (Phi) is 10.5. The van der Waals surface area contributed by atoms with Crippen LogP contribution < -0.4 is 10.6 Å². The predicted octanol–water partition coefficient (Wildman–Crippen LogP) is 7.07. The summed E-state index contributed by atoms with van der Waals surface area (Å²) in [4.78, 5) is 43.8. The molecule has 0 aliphatic heterocycles. The van der Waals surface area contributed by atoms with Crippen LogP contribution in [0, 0.1) is 27.7 Å². The maximum absolute atomic E-state index is 14.8. The Morgan fingerprint density at radius 3 is 1.89 bits per heavy atom. The second-order valence-corrected chi connectivity index (χ2v) is 13.5. The monoisotopic (exact) mass is 601 g/mol. The minimum Gasteiger partial charge on any atom is -0.508 e. The van der Waals surface area contributed by atoms with Crippen molar-refractivity contribution in [2.45, 2.75) is 98.9 Å². The molecule has 0 bridgehead atoms. The molecule has 44 heavy (non-hydrogen) atoms. The van der Waals surface area contributed by atoms with Crippen LogP contribution in [0.25, 0.3) is 0 Å². The fourth-order valence-corrected chi connectivity index (χ4v) is 5.32. The maximum Gasteiger partial charge on any atom is 0.408 e. The Balaban J connectivity index is 2.17. The molecule has 0 aromatic heterocycles. The number of aryl methyl sites for hydroxylation is 4. The fraction of sp³-hybridized carbons (Fsp3) is 0.417. The van der Waals surface area contributed by atoms with Gasteiger partial charge in [-0.05, 0) is 104 Å². The van der Waals surface area contributed by atoms with E-state index in [-0.39, 0.29) is 18.1 Å². The van der Waals surface area contributed by atoms with Crippen molar-refractivity contribution in [2.75, 3.05) is 5.32 Å². The number of para-hydroxylation sites is 1. The van der Waals surface area contributed by atoms with E-state index in [2.05, 4.69) is 10.6 Å². The highest BCUT2D eigenvalue weighted by molar-refractivity contribution is 6.00. The van der Waals surface area contributed by atoms with E-state index in [9.17, 15) is 19.5 Å². The van der Waals surface area contributed by atoms with Crippen LogP contribution in [0.2, 0.25) is 0 Å². The van der Waals surface area contributed by atoms with E-state index in [1.807, 2.05) is 84.9 Å². The Morgan fingerprint density at radius 2 is 1.39 bits per heavy atom. The zero-order valence-electron chi connectivity index (χ0n) is 27.7. The third-order valence-electron chi connectivity index (χ3n) is 7.12. The van der Waals surface area contributed by atoms with Crippen molar-refractivity contribution >= 4 is 23.6 Å². The largest absolute Gasteiger partial charge is 0.508 e. The minimum atomic E-state index is -1.07. The standard InChI is InChI=1S/C36H47N3O5/c1-22-18-23(2)20-27(19-22)31(32(41)38-30-24(3)12-11-13-25(30)4)39(35(5,6)7)33(42)29(37-34(43)44-36(8,9)10)21-26-14-16-28(40)17-15-26/h11-20,29,31,40H,21H2,1-10H3,(H,37,43)(H,38,41). The number of anilines is 1. The first-order valence-electron chi connectivity index (χ1n) is 14.9. The molecule has 8 nitrogen and oxygen atoms in total. The summed E-state index contributed by atoms with van der Waals surface area (Å²) in [5.41, 5.74) is 4.17. The van der Waals surface area contributed by atoms with Gasteiger partial charge in [-0.25, -0.2) is 4.79 Å². The first-order valence-corrected chi connectivity index (χ1v) is 14.9. The average Bonchev–Trinajstić information content (AvgIpc) is 2.87. The van der Waals surface area contributed by atoms with E-state index >= 15 is 0 Å². The third-order valence-corrected chi connectivity index (χ3v) is 7.12. The van der Waals surface area contributed by atoms with Crippen molar-refractivity contribution in [3.05, 3.63) is 94.0 Å². The number of rotatable bonds is 8. The molecule has 0 fully saturated rings. The fourth-order valence-electron chi connectivity index (χ4n) is 5.32. The summed E-state index contributed by atoms with van der Waals surface area (Å²) in [5.74, 6) is -0.723. The number of nitrogens with one attached hydrogen (secondary N) is 2. The molecule has 2 unspecified atom stereocenters. The van der Waals surface area contributed by atoms with Crippen LogP contribution in [0.3, 0.4) is 0 Å². The van der Waals surface area contributed by atoms with Crippen LogP contribution >= 0.6 is 0 Å². The molecule has 3 aromatic carbocycles. The first-order chi connectivity index (χ1) is 20.4. The normalized spacial score (nSPS) is 13.0. The molecule has 0 spiro atoms. The van der Waals surface area contributed by atoms with E-state index in [4.69, 9.17) is 4.74 Å². The number of aromatic hydroxyl groups is 1. The van der Waals surface area contributed by atoms with Gasteiger partial charge in [0.2, 0.25) is 5.91 Å². The zero-order valence-corrected chi connectivity index (χ0v) is 27.7. The number of hydrogen-bond acceptors (Lipinski definition) is 5. The van der Waals surface area contributed by atoms with Gasteiger partial charge in [-0.1, -0.05) is 59.7 Å². The molecule has 3 aromatic rings. The van der Waals surface area contributed by atoms with Gasteiger partial charge in [0, 0.05) is 17.6 Å². The number of carbonyl (C=O) groups is 3. The Morgan fingerprint density at radius 1 is 0.841 bits per heavy atom. The van der Waals surface area contributed by atoms with Gasteiger partial charge in [-0.3, -0.25) is 9.59 Å². The number of benzene rings is 3. The molecule has 0 saturated carbocycles. The summed E-state index contributed by atoms with van der Waals surface area (Å²) >= 11 is 0. The van der Waals surface area contributed by atoms with Crippen LogP contribution in [0.1, 0.15) is 81.0 Å². The van der Waals surface area contributed by atoms with Gasteiger partial charge in [-0.15, -0.1) is 0 Å². The number of phenolic OH excluding ortho intramolecular Hbond substituents is 1. The lowest BCUT2D eigenvalue weighted by atomic mass is 9.92. The summed E-state index contributed by atoms with van der Waals surface area (Å²) in [6.07, 6.45) is -0.630. The molecule has 0 aliphatic rings. The van der Waals surface area contributed by atoms with Gasteiger partial charge < -0.3 is 25.4 Å². The van der Waals surface area contributed by atoms with Crippen LogP contribution in [-0.2, 0) is 20.7 Å². The van der Waals surface area contributed by atoms with Crippen molar-refractivity contribution in [1.29, 1.82) is 0 Å².